The Kier molecular flexibility index (Phi) is 11.5. The number of rotatable bonds is 12. The Bertz CT molecular complexity index is 250. The number of ketones is 1. The molecule has 5 nitrogen and oxygen atoms in total. The summed E-state index contributed by atoms with van der Waals surface area (Å²) < 4.78 is 15.5. The van der Waals surface area contributed by atoms with E-state index in [4.69, 9.17) is 14.2 Å². The summed E-state index contributed by atoms with van der Waals surface area (Å²) in [6.07, 6.45) is 1.39. The summed E-state index contributed by atoms with van der Waals surface area (Å²) in [5.74, 6) is -0.659. The fourth-order valence-electron chi connectivity index (χ4n) is 1.25. The van der Waals surface area contributed by atoms with Crippen molar-refractivity contribution in [1.82, 2.24) is 0 Å². The summed E-state index contributed by atoms with van der Waals surface area (Å²) >= 11 is 0. The molecular weight excluding hydrogens is 248 g/mol. The van der Waals surface area contributed by atoms with E-state index in [2.05, 4.69) is 0 Å². The van der Waals surface area contributed by atoms with Gasteiger partial charge in [-0.2, -0.15) is 0 Å². The first-order chi connectivity index (χ1) is 9.07. The van der Waals surface area contributed by atoms with Crippen molar-refractivity contribution < 1.29 is 23.8 Å². The topological polar surface area (TPSA) is 61.8 Å². The fourth-order valence-corrected chi connectivity index (χ4v) is 1.25. The lowest BCUT2D eigenvalue weighted by atomic mass is 10.1. The minimum absolute atomic E-state index is 0.0859. The van der Waals surface area contributed by atoms with E-state index in [9.17, 15) is 9.59 Å². The van der Waals surface area contributed by atoms with Gasteiger partial charge in [-0.3, -0.25) is 9.59 Å². The predicted octanol–water partition coefficient (Wildman–Crippen LogP) is 1.98. The van der Waals surface area contributed by atoms with Crippen LogP contribution in [0.25, 0.3) is 0 Å². The molecule has 0 unspecified atom stereocenters. The van der Waals surface area contributed by atoms with E-state index in [0.717, 1.165) is 13.0 Å². The van der Waals surface area contributed by atoms with Gasteiger partial charge in [-0.05, 0) is 13.3 Å². The minimum atomic E-state index is -0.449. The lowest BCUT2D eigenvalue weighted by Crippen LogP contribution is -2.16. The van der Waals surface area contributed by atoms with Gasteiger partial charge < -0.3 is 14.2 Å². The van der Waals surface area contributed by atoms with Crippen molar-refractivity contribution in [3.8, 4) is 0 Å². The number of carbonyl (C=O) groups excluding carboxylic acids is 2. The van der Waals surface area contributed by atoms with Crippen LogP contribution in [0, 0.1) is 5.92 Å². The van der Waals surface area contributed by atoms with Crippen molar-refractivity contribution in [1.29, 1.82) is 0 Å². The summed E-state index contributed by atoms with van der Waals surface area (Å²) in [6.45, 7) is 8.44. The molecule has 0 heterocycles. The van der Waals surface area contributed by atoms with Crippen LogP contribution in [0.5, 0.6) is 0 Å². The van der Waals surface area contributed by atoms with E-state index in [1.165, 1.54) is 0 Å². The lowest BCUT2D eigenvalue weighted by molar-refractivity contribution is -0.146. The fraction of sp³-hybridized carbons (Fsp3) is 0.857. The second-order valence-electron chi connectivity index (χ2n) is 4.53. The van der Waals surface area contributed by atoms with Gasteiger partial charge in [0, 0.05) is 38.8 Å². The Hall–Kier alpha value is -0.940. The number of hydrogen-bond acceptors (Lipinski definition) is 5. The maximum Gasteiger partial charge on any atom is 0.313 e. The number of Topliss-reactive ketones (excluding diaryl/α,β-unsaturated/α-hetero) is 1. The Morgan fingerprint density at radius 2 is 1.53 bits per heavy atom. The molecule has 0 spiro atoms. The van der Waals surface area contributed by atoms with Gasteiger partial charge in [-0.1, -0.05) is 13.8 Å². The normalized spacial score (nSPS) is 10.7. The highest BCUT2D eigenvalue weighted by atomic mass is 16.5. The zero-order valence-corrected chi connectivity index (χ0v) is 12.3. The molecule has 0 aromatic heterocycles. The number of hydrogen-bond donors (Lipinski definition) is 0. The van der Waals surface area contributed by atoms with Crippen LogP contribution in [-0.2, 0) is 23.8 Å². The SMILES string of the molecule is CCOCCCOCCCOC(=O)CC(=O)C(C)C. The number of ether oxygens (including phenoxy) is 3. The summed E-state index contributed by atoms with van der Waals surface area (Å²) in [5.41, 5.74) is 0. The first-order valence-electron chi connectivity index (χ1n) is 6.91. The maximum absolute atomic E-state index is 11.3. The third-order valence-corrected chi connectivity index (χ3v) is 2.44. The van der Waals surface area contributed by atoms with Gasteiger partial charge in [0.25, 0.3) is 0 Å². The Morgan fingerprint density at radius 1 is 0.947 bits per heavy atom. The highest BCUT2D eigenvalue weighted by Gasteiger charge is 2.13. The minimum Gasteiger partial charge on any atom is -0.465 e. The molecule has 112 valence electrons. The van der Waals surface area contributed by atoms with E-state index in [-0.39, 0.29) is 18.1 Å². The molecule has 0 saturated carbocycles. The van der Waals surface area contributed by atoms with E-state index in [1.54, 1.807) is 13.8 Å². The second kappa shape index (κ2) is 12.1. The molecule has 0 aromatic rings. The van der Waals surface area contributed by atoms with Gasteiger partial charge in [0.05, 0.1) is 6.61 Å². The highest BCUT2D eigenvalue weighted by Crippen LogP contribution is 2.00. The molecule has 0 fully saturated rings. The zero-order valence-electron chi connectivity index (χ0n) is 12.3. The number of carbonyl (C=O) groups is 2. The monoisotopic (exact) mass is 274 g/mol. The molecule has 19 heavy (non-hydrogen) atoms. The number of esters is 1. The molecular formula is C14H26O5. The van der Waals surface area contributed by atoms with E-state index < -0.39 is 5.97 Å². The molecule has 0 N–H and O–H groups in total. The predicted molar refractivity (Wildman–Crippen MR) is 72.0 cm³/mol. The third-order valence-electron chi connectivity index (χ3n) is 2.44. The van der Waals surface area contributed by atoms with Crippen LogP contribution in [0.4, 0.5) is 0 Å². The second-order valence-corrected chi connectivity index (χ2v) is 4.53. The molecule has 5 heteroatoms. The van der Waals surface area contributed by atoms with Crippen LogP contribution in [0.3, 0.4) is 0 Å². The Labute approximate surface area is 115 Å². The van der Waals surface area contributed by atoms with Crippen molar-refractivity contribution in [2.45, 2.75) is 40.0 Å². The summed E-state index contributed by atoms with van der Waals surface area (Å²) in [4.78, 5) is 22.5. The van der Waals surface area contributed by atoms with Crippen molar-refractivity contribution >= 4 is 11.8 Å². The maximum atomic E-state index is 11.3. The van der Waals surface area contributed by atoms with E-state index in [1.807, 2.05) is 6.92 Å². The van der Waals surface area contributed by atoms with Crippen LogP contribution in [0.2, 0.25) is 0 Å². The van der Waals surface area contributed by atoms with Crippen LogP contribution >= 0.6 is 0 Å². The van der Waals surface area contributed by atoms with Gasteiger partial charge in [0.15, 0.2) is 0 Å². The quantitative estimate of drug-likeness (QED) is 0.309. The molecule has 0 rings (SSSR count). The highest BCUT2D eigenvalue weighted by molar-refractivity contribution is 5.96. The molecule has 0 aliphatic heterocycles. The van der Waals surface area contributed by atoms with Crippen LogP contribution in [-0.4, -0.2) is 44.8 Å². The lowest BCUT2D eigenvalue weighted by Gasteiger charge is -2.07. The first-order valence-corrected chi connectivity index (χ1v) is 6.91. The van der Waals surface area contributed by atoms with Gasteiger partial charge in [0.1, 0.15) is 12.2 Å². The third kappa shape index (κ3) is 11.9. The Morgan fingerprint density at radius 3 is 2.11 bits per heavy atom. The summed E-state index contributed by atoms with van der Waals surface area (Å²) in [5, 5.41) is 0. The van der Waals surface area contributed by atoms with Crippen molar-refractivity contribution in [3.63, 3.8) is 0 Å². The van der Waals surface area contributed by atoms with Crippen molar-refractivity contribution in [2.24, 2.45) is 5.92 Å². The zero-order chi connectivity index (χ0) is 14.5. The Balaban J connectivity index is 3.30. The van der Waals surface area contributed by atoms with E-state index in [0.29, 0.717) is 32.8 Å². The molecule has 0 amide bonds. The van der Waals surface area contributed by atoms with Gasteiger partial charge in [0.2, 0.25) is 0 Å². The van der Waals surface area contributed by atoms with Crippen molar-refractivity contribution in [2.75, 3.05) is 33.0 Å². The molecule has 0 radical (unpaired) electrons. The summed E-state index contributed by atoms with van der Waals surface area (Å²) in [6, 6.07) is 0. The summed E-state index contributed by atoms with van der Waals surface area (Å²) in [7, 11) is 0. The van der Waals surface area contributed by atoms with Crippen molar-refractivity contribution in [3.05, 3.63) is 0 Å². The van der Waals surface area contributed by atoms with Crippen LogP contribution in [0.15, 0.2) is 0 Å². The molecule has 0 bridgehead atoms. The average Bonchev–Trinajstić information content (AvgIpc) is 2.36. The molecule has 0 aliphatic rings. The molecule has 0 aliphatic carbocycles. The van der Waals surface area contributed by atoms with Crippen LogP contribution in [0.1, 0.15) is 40.0 Å². The first kappa shape index (κ1) is 18.1. The standard InChI is InChI=1S/C14H26O5/c1-4-17-7-5-8-18-9-6-10-19-14(16)11-13(15)12(2)3/h12H,4-11H2,1-3H3. The smallest absolute Gasteiger partial charge is 0.313 e. The van der Waals surface area contributed by atoms with Gasteiger partial charge in [-0.25, -0.2) is 0 Å². The molecule has 0 saturated heterocycles. The molecule has 0 aromatic carbocycles. The van der Waals surface area contributed by atoms with E-state index >= 15 is 0 Å². The molecule has 0 atom stereocenters. The van der Waals surface area contributed by atoms with Gasteiger partial charge >= 0.3 is 5.97 Å². The largest absolute Gasteiger partial charge is 0.465 e. The van der Waals surface area contributed by atoms with Gasteiger partial charge in [-0.15, -0.1) is 0 Å². The van der Waals surface area contributed by atoms with Crippen LogP contribution < -0.4 is 0 Å². The average molecular weight is 274 g/mol.